The van der Waals surface area contributed by atoms with Gasteiger partial charge in [-0.1, -0.05) is 6.07 Å². The topological polar surface area (TPSA) is 101 Å². The molecule has 25 heavy (non-hydrogen) atoms. The fourth-order valence-corrected chi connectivity index (χ4v) is 2.06. The Morgan fingerprint density at radius 1 is 1.00 bits per heavy atom. The van der Waals surface area contributed by atoms with Crippen LogP contribution in [0.2, 0.25) is 0 Å². The lowest BCUT2D eigenvalue weighted by molar-refractivity contribution is 0.0696. The van der Waals surface area contributed by atoms with Gasteiger partial charge < -0.3 is 15.2 Å². The van der Waals surface area contributed by atoms with Crippen molar-refractivity contribution in [2.45, 2.75) is 0 Å². The number of hydrogen-bond donors (Lipinski definition) is 2. The van der Waals surface area contributed by atoms with Gasteiger partial charge in [-0.25, -0.2) is 9.78 Å². The van der Waals surface area contributed by atoms with E-state index < -0.39 is 5.97 Å². The van der Waals surface area contributed by atoms with E-state index >= 15 is 0 Å². The first kappa shape index (κ1) is 16.1. The van der Waals surface area contributed by atoms with Gasteiger partial charge in [0.15, 0.2) is 0 Å². The molecule has 0 bridgehead atoms. The van der Waals surface area contributed by atoms with E-state index in [1.54, 1.807) is 30.5 Å². The van der Waals surface area contributed by atoms with Crippen molar-refractivity contribution < 1.29 is 19.4 Å². The lowest BCUT2D eigenvalue weighted by Gasteiger charge is -2.08. The molecule has 2 N–H and O–H groups in total. The first-order valence-corrected chi connectivity index (χ1v) is 7.30. The molecule has 1 amide bonds. The van der Waals surface area contributed by atoms with Crippen LogP contribution in [0.25, 0.3) is 0 Å². The van der Waals surface area contributed by atoms with Gasteiger partial charge in [-0.3, -0.25) is 9.78 Å². The maximum atomic E-state index is 12.2. The van der Waals surface area contributed by atoms with Gasteiger partial charge in [0.25, 0.3) is 5.91 Å². The van der Waals surface area contributed by atoms with Crippen LogP contribution in [0, 0.1) is 0 Å². The van der Waals surface area contributed by atoms with Crippen molar-refractivity contribution in [3.8, 4) is 11.6 Å². The highest BCUT2D eigenvalue weighted by atomic mass is 16.5. The summed E-state index contributed by atoms with van der Waals surface area (Å²) in [6.07, 6.45) is 4.54. The number of aromatic carboxylic acids is 1. The molecule has 0 atom stereocenters. The third kappa shape index (κ3) is 4.17. The Bertz CT molecular complexity index is 896. The fraction of sp³-hybridized carbons (Fsp3) is 0. The maximum absolute atomic E-state index is 12.2. The maximum Gasteiger partial charge on any atom is 0.335 e. The molecule has 3 rings (SSSR count). The Morgan fingerprint density at radius 3 is 2.44 bits per heavy atom. The molecule has 7 heteroatoms. The number of rotatable bonds is 5. The van der Waals surface area contributed by atoms with Crippen molar-refractivity contribution in [1.82, 2.24) is 9.97 Å². The quantitative estimate of drug-likeness (QED) is 0.742. The predicted molar refractivity (Wildman–Crippen MR) is 89.9 cm³/mol. The number of aromatic nitrogens is 2. The molecule has 2 aromatic carbocycles. The molecule has 124 valence electrons. The van der Waals surface area contributed by atoms with Crippen molar-refractivity contribution in [3.05, 3.63) is 78.2 Å². The molecular formula is C18H13N3O4. The first-order valence-electron chi connectivity index (χ1n) is 7.30. The number of carboxylic acids is 1. The molecule has 0 aliphatic rings. The lowest BCUT2D eigenvalue weighted by Crippen LogP contribution is -2.12. The van der Waals surface area contributed by atoms with Crippen LogP contribution in [0.15, 0.2) is 67.1 Å². The second kappa shape index (κ2) is 7.22. The molecule has 1 heterocycles. The minimum absolute atomic E-state index is 0.121. The number of anilines is 1. The van der Waals surface area contributed by atoms with Gasteiger partial charge in [-0.15, -0.1) is 0 Å². The number of hydrogen-bond acceptors (Lipinski definition) is 5. The van der Waals surface area contributed by atoms with Crippen LogP contribution in [0.3, 0.4) is 0 Å². The minimum Gasteiger partial charge on any atom is -0.478 e. The van der Waals surface area contributed by atoms with Crippen LogP contribution in [-0.4, -0.2) is 27.0 Å². The normalized spacial score (nSPS) is 10.1. The van der Waals surface area contributed by atoms with Gasteiger partial charge in [0.05, 0.1) is 11.8 Å². The van der Waals surface area contributed by atoms with E-state index in [-0.39, 0.29) is 11.5 Å². The van der Waals surface area contributed by atoms with E-state index in [2.05, 4.69) is 15.3 Å². The molecule has 0 unspecified atom stereocenters. The van der Waals surface area contributed by atoms with E-state index in [0.717, 1.165) is 0 Å². The first-order chi connectivity index (χ1) is 12.1. The summed E-state index contributed by atoms with van der Waals surface area (Å²) in [7, 11) is 0. The van der Waals surface area contributed by atoms with Crippen LogP contribution in [0.4, 0.5) is 5.69 Å². The Kier molecular flexibility index (Phi) is 4.66. The second-order valence-corrected chi connectivity index (χ2v) is 5.01. The highest BCUT2D eigenvalue weighted by Gasteiger charge is 2.09. The van der Waals surface area contributed by atoms with Crippen molar-refractivity contribution >= 4 is 17.6 Å². The largest absolute Gasteiger partial charge is 0.478 e. The standard InChI is InChI=1S/C18H13N3O4/c22-17(12-4-6-13(7-5-12)18(23)24)21-14-2-1-3-15(10-14)25-16-11-19-8-9-20-16/h1-11H,(H,21,22)(H,23,24). The van der Waals surface area contributed by atoms with Crippen molar-refractivity contribution in [2.75, 3.05) is 5.32 Å². The molecule has 0 saturated heterocycles. The summed E-state index contributed by atoms with van der Waals surface area (Å²) >= 11 is 0. The Morgan fingerprint density at radius 2 is 1.76 bits per heavy atom. The molecule has 0 fully saturated rings. The summed E-state index contributed by atoms with van der Waals surface area (Å²) < 4.78 is 5.56. The van der Waals surface area contributed by atoms with Gasteiger partial charge in [0.1, 0.15) is 5.75 Å². The summed E-state index contributed by atoms with van der Waals surface area (Å²) in [5.74, 6) is -0.552. The highest BCUT2D eigenvalue weighted by Crippen LogP contribution is 2.22. The van der Waals surface area contributed by atoms with E-state index in [1.165, 1.54) is 36.7 Å². The average molecular weight is 335 g/mol. The number of carbonyl (C=O) groups excluding carboxylic acids is 1. The third-order valence-electron chi connectivity index (χ3n) is 3.25. The third-order valence-corrected chi connectivity index (χ3v) is 3.25. The number of ether oxygens (including phenoxy) is 1. The summed E-state index contributed by atoms with van der Waals surface area (Å²) in [6.45, 7) is 0. The number of carbonyl (C=O) groups is 2. The lowest BCUT2D eigenvalue weighted by atomic mass is 10.1. The van der Waals surface area contributed by atoms with Crippen LogP contribution < -0.4 is 10.1 Å². The minimum atomic E-state index is -1.04. The van der Waals surface area contributed by atoms with E-state index in [4.69, 9.17) is 9.84 Å². The van der Waals surface area contributed by atoms with E-state index in [0.29, 0.717) is 22.9 Å². The van der Waals surface area contributed by atoms with Gasteiger partial charge in [-0.05, 0) is 36.4 Å². The van der Waals surface area contributed by atoms with Crippen molar-refractivity contribution in [1.29, 1.82) is 0 Å². The zero-order valence-electron chi connectivity index (χ0n) is 12.9. The molecule has 0 aliphatic heterocycles. The molecule has 0 aliphatic carbocycles. The molecule has 0 saturated carbocycles. The molecule has 0 radical (unpaired) electrons. The Hall–Kier alpha value is -3.74. The molecular weight excluding hydrogens is 322 g/mol. The second-order valence-electron chi connectivity index (χ2n) is 5.01. The van der Waals surface area contributed by atoms with Gasteiger partial charge in [0.2, 0.25) is 5.88 Å². The van der Waals surface area contributed by atoms with Crippen LogP contribution in [0.1, 0.15) is 20.7 Å². The Labute approximate surface area is 142 Å². The number of amides is 1. The SMILES string of the molecule is O=C(O)c1ccc(C(=O)Nc2cccc(Oc3cnccn3)c2)cc1. The monoisotopic (exact) mass is 335 g/mol. The number of carboxylic acid groups (broad SMARTS) is 1. The fourth-order valence-electron chi connectivity index (χ4n) is 2.06. The zero-order valence-corrected chi connectivity index (χ0v) is 12.9. The number of benzene rings is 2. The summed E-state index contributed by atoms with van der Waals surface area (Å²) in [6, 6.07) is 12.5. The van der Waals surface area contributed by atoms with Crippen molar-refractivity contribution in [2.24, 2.45) is 0 Å². The molecule has 1 aromatic heterocycles. The highest BCUT2D eigenvalue weighted by molar-refractivity contribution is 6.04. The van der Waals surface area contributed by atoms with E-state index in [1.807, 2.05) is 0 Å². The number of nitrogens with one attached hydrogen (secondary N) is 1. The van der Waals surface area contributed by atoms with Crippen LogP contribution in [-0.2, 0) is 0 Å². The van der Waals surface area contributed by atoms with E-state index in [9.17, 15) is 9.59 Å². The summed E-state index contributed by atoms with van der Waals surface area (Å²) in [4.78, 5) is 31.0. The van der Waals surface area contributed by atoms with Crippen LogP contribution in [0.5, 0.6) is 11.6 Å². The molecule has 7 nitrogen and oxygen atoms in total. The van der Waals surface area contributed by atoms with Crippen LogP contribution >= 0.6 is 0 Å². The van der Waals surface area contributed by atoms with Gasteiger partial charge in [-0.2, -0.15) is 0 Å². The Balaban J connectivity index is 1.71. The predicted octanol–water partition coefficient (Wildman–Crippen LogP) is 3.22. The number of nitrogens with zero attached hydrogens (tertiary/aromatic N) is 2. The molecule has 0 spiro atoms. The van der Waals surface area contributed by atoms with Gasteiger partial charge in [0, 0.05) is 29.7 Å². The zero-order chi connectivity index (χ0) is 17.6. The molecule has 3 aromatic rings. The average Bonchev–Trinajstić information content (AvgIpc) is 2.63. The smallest absolute Gasteiger partial charge is 0.335 e. The summed E-state index contributed by atoms with van der Waals surface area (Å²) in [5.41, 5.74) is 1.01. The van der Waals surface area contributed by atoms with Gasteiger partial charge >= 0.3 is 5.97 Å². The van der Waals surface area contributed by atoms with Crippen molar-refractivity contribution in [3.63, 3.8) is 0 Å². The summed E-state index contributed by atoms with van der Waals surface area (Å²) in [5, 5.41) is 11.6.